The molecule has 0 aromatic heterocycles. The second-order valence-corrected chi connectivity index (χ2v) is 14.4. The van der Waals surface area contributed by atoms with Gasteiger partial charge in [-0.2, -0.15) is 0 Å². The molecule has 0 aromatic carbocycles. The molecule has 2 N–H and O–H groups in total. The number of hydrogen-bond acceptors (Lipinski definition) is 3. The van der Waals surface area contributed by atoms with Gasteiger partial charge in [0.15, 0.2) is 0 Å². The number of carbonyl (C=O) groups is 2. The van der Waals surface area contributed by atoms with Gasteiger partial charge < -0.3 is 15.1 Å². The predicted octanol–water partition coefficient (Wildman–Crippen LogP) is 7.11. The lowest BCUT2D eigenvalue weighted by atomic mass is 9.51. The third-order valence-corrected chi connectivity index (χ3v) is 12.4. The fraction of sp³-hybridized carbons (Fsp3) is 0.871. The first-order chi connectivity index (χ1) is 18.0. The van der Waals surface area contributed by atoms with Crippen molar-refractivity contribution in [3.63, 3.8) is 0 Å². The van der Waals surface area contributed by atoms with Gasteiger partial charge in [0.05, 0.1) is 11.5 Å². The lowest BCUT2D eigenvalue weighted by Gasteiger charge is -2.59. The molecule has 1 amide bonds. The van der Waals surface area contributed by atoms with Crippen molar-refractivity contribution in [1.82, 2.24) is 4.90 Å². The van der Waals surface area contributed by atoms with E-state index in [9.17, 15) is 19.8 Å². The quantitative estimate of drug-likeness (QED) is 0.296. The SMILES string of the molecule is O=C1C2CCCCC2[C@](CC2=C(I)CCCC2)(C(=O)O)[C@H](C2CCC(CO)CC2)N1CC1CCCCC1. The van der Waals surface area contributed by atoms with Crippen molar-refractivity contribution in [2.24, 2.45) is 35.0 Å². The average molecular weight is 626 g/mol. The van der Waals surface area contributed by atoms with Crippen LogP contribution in [0.15, 0.2) is 9.15 Å². The van der Waals surface area contributed by atoms with Crippen molar-refractivity contribution in [2.45, 2.75) is 122 Å². The molecule has 1 saturated heterocycles. The molecule has 4 aliphatic carbocycles. The van der Waals surface area contributed by atoms with Crippen molar-refractivity contribution in [3.05, 3.63) is 9.15 Å². The van der Waals surface area contributed by atoms with E-state index < -0.39 is 11.4 Å². The van der Waals surface area contributed by atoms with Crippen LogP contribution in [-0.2, 0) is 9.59 Å². The fourth-order valence-electron chi connectivity index (χ4n) is 9.17. The van der Waals surface area contributed by atoms with Crippen molar-refractivity contribution >= 4 is 34.5 Å². The van der Waals surface area contributed by atoms with Gasteiger partial charge >= 0.3 is 5.97 Å². The average Bonchev–Trinajstić information content (AvgIpc) is 2.93. The molecule has 37 heavy (non-hydrogen) atoms. The number of carboxylic acid groups (broad SMARTS) is 1. The van der Waals surface area contributed by atoms with Crippen LogP contribution in [0.2, 0.25) is 0 Å². The first-order valence-electron chi connectivity index (χ1n) is 15.5. The molecule has 5 rings (SSSR count). The number of likely N-dealkylation sites (tertiary alicyclic amines) is 1. The summed E-state index contributed by atoms with van der Waals surface area (Å²) in [7, 11) is 0. The van der Waals surface area contributed by atoms with Crippen LogP contribution in [0.4, 0.5) is 0 Å². The lowest BCUT2D eigenvalue weighted by Crippen LogP contribution is -2.69. The molecule has 0 bridgehead atoms. The van der Waals surface area contributed by atoms with Crippen LogP contribution in [0.5, 0.6) is 0 Å². The molecule has 6 heteroatoms. The van der Waals surface area contributed by atoms with Crippen LogP contribution >= 0.6 is 22.6 Å². The van der Waals surface area contributed by atoms with Crippen molar-refractivity contribution in [2.75, 3.05) is 13.2 Å². The standard InChI is InChI=1S/C31H48INO4/c32-27-13-7-4-10-24(27)18-31(30(36)37)26-12-6-5-11-25(26)29(35)33(19-21-8-2-1-3-9-21)28(31)23-16-14-22(20-34)15-17-23/h21-23,25-26,28,34H,1-20H2,(H,36,37)/t22?,23?,25?,26?,28-,31-/m0/s1. The number of halogens is 1. The predicted molar refractivity (Wildman–Crippen MR) is 154 cm³/mol. The first-order valence-corrected chi connectivity index (χ1v) is 16.5. The molecule has 3 saturated carbocycles. The number of aliphatic hydroxyl groups is 1. The number of piperidine rings is 1. The lowest BCUT2D eigenvalue weighted by molar-refractivity contribution is -0.187. The molecular formula is C31H48INO4. The van der Waals surface area contributed by atoms with E-state index in [4.69, 9.17) is 0 Å². The minimum absolute atomic E-state index is 0.0481. The Morgan fingerprint density at radius 1 is 0.865 bits per heavy atom. The third kappa shape index (κ3) is 5.53. The maximum absolute atomic E-state index is 14.4. The Hall–Kier alpha value is -0.630. The topological polar surface area (TPSA) is 77.8 Å². The number of amides is 1. The summed E-state index contributed by atoms with van der Waals surface area (Å²) in [6, 6.07) is -0.211. The van der Waals surface area contributed by atoms with Gasteiger partial charge in [0.1, 0.15) is 0 Å². The summed E-state index contributed by atoms with van der Waals surface area (Å²) in [6.45, 7) is 0.986. The molecule has 1 heterocycles. The summed E-state index contributed by atoms with van der Waals surface area (Å²) in [5.41, 5.74) is 0.493. The minimum atomic E-state index is -0.881. The van der Waals surface area contributed by atoms with E-state index in [0.29, 0.717) is 18.3 Å². The molecule has 0 spiro atoms. The highest BCUT2D eigenvalue weighted by molar-refractivity contribution is 14.1. The van der Waals surface area contributed by atoms with E-state index >= 15 is 0 Å². The molecule has 5 aliphatic rings. The molecule has 0 aromatic rings. The first kappa shape index (κ1) is 27.9. The molecular weight excluding hydrogens is 577 g/mol. The Morgan fingerprint density at radius 2 is 1.54 bits per heavy atom. The number of aliphatic carboxylic acids is 1. The van der Waals surface area contributed by atoms with Gasteiger partial charge in [-0.1, -0.05) is 37.7 Å². The van der Waals surface area contributed by atoms with E-state index in [0.717, 1.165) is 77.2 Å². The van der Waals surface area contributed by atoms with Gasteiger partial charge in [-0.15, -0.1) is 0 Å². The maximum atomic E-state index is 14.4. The van der Waals surface area contributed by atoms with Crippen LogP contribution in [0.25, 0.3) is 0 Å². The van der Waals surface area contributed by atoms with Gasteiger partial charge in [-0.3, -0.25) is 9.59 Å². The number of carbonyl (C=O) groups excluding carboxylic acids is 1. The zero-order chi connectivity index (χ0) is 26.0. The summed E-state index contributed by atoms with van der Waals surface area (Å²) < 4.78 is 1.38. The summed E-state index contributed by atoms with van der Waals surface area (Å²) >= 11 is 2.49. The Labute approximate surface area is 237 Å². The summed E-state index contributed by atoms with van der Waals surface area (Å²) in [5, 5.41) is 21.2. The minimum Gasteiger partial charge on any atom is -0.481 e. The highest BCUT2D eigenvalue weighted by atomic mass is 127. The number of carboxylic acids is 1. The fourth-order valence-corrected chi connectivity index (χ4v) is 10.0. The van der Waals surface area contributed by atoms with Crippen molar-refractivity contribution in [3.8, 4) is 0 Å². The molecule has 0 radical (unpaired) electrons. The largest absolute Gasteiger partial charge is 0.481 e. The number of aliphatic hydroxyl groups excluding tert-OH is 1. The van der Waals surface area contributed by atoms with Crippen LogP contribution in [-0.4, -0.2) is 46.2 Å². The summed E-state index contributed by atoms with van der Waals surface area (Å²) in [6.07, 6.45) is 18.8. The van der Waals surface area contributed by atoms with E-state index in [1.54, 1.807) is 0 Å². The van der Waals surface area contributed by atoms with Crippen molar-refractivity contribution in [1.29, 1.82) is 0 Å². The van der Waals surface area contributed by atoms with Crippen LogP contribution < -0.4 is 0 Å². The molecule has 4 fully saturated rings. The van der Waals surface area contributed by atoms with Crippen molar-refractivity contribution < 1.29 is 19.8 Å². The molecule has 4 atom stereocenters. The Morgan fingerprint density at radius 3 is 2.22 bits per heavy atom. The van der Waals surface area contributed by atoms with Gasteiger partial charge in [0.25, 0.3) is 0 Å². The number of rotatable bonds is 7. The zero-order valence-corrected chi connectivity index (χ0v) is 24.8. The Kier molecular flexibility index (Phi) is 9.25. The van der Waals surface area contributed by atoms with E-state index in [1.807, 2.05) is 0 Å². The van der Waals surface area contributed by atoms with Crippen LogP contribution in [0, 0.1) is 35.0 Å². The molecule has 208 valence electrons. The third-order valence-electron chi connectivity index (χ3n) is 11.1. The van der Waals surface area contributed by atoms with Gasteiger partial charge in [0, 0.05) is 19.1 Å². The van der Waals surface area contributed by atoms with Crippen LogP contribution in [0.1, 0.15) is 116 Å². The summed E-state index contributed by atoms with van der Waals surface area (Å²) in [4.78, 5) is 30.4. The number of allylic oxidation sites excluding steroid dienone is 2. The number of nitrogens with zero attached hydrogens (tertiary/aromatic N) is 1. The van der Waals surface area contributed by atoms with E-state index in [-0.39, 0.29) is 36.3 Å². The number of fused-ring (bicyclic) bond motifs is 1. The smallest absolute Gasteiger partial charge is 0.312 e. The highest BCUT2D eigenvalue weighted by Crippen LogP contribution is 2.58. The Balaban J connectivity index is 1.59. The normalized spacial score (nSPS) is 37.9. The summed E-state index contributed by atoms with van der Waals surface area (Å²) in [5.74, 6) is 0.529. The highest BCUT2D eigenvalue weighted by Gasteiger charge is 2.64. The molecule has 5 nitrogen and oxygen atoms in total. The zero-order valence-electron chi connectivity index (χ0n) is 22.6. The second-order valence-electron chi connectivity index (χ2n) is 13.1. The van der Waals surface area contributed by atoms with Gasteiger partial charge in [-0.05, 0) is 133 Å². The molecule has 2 unspecified atom stereocenters. The van der Waals surface area contributed by atoms with E-state index in [1.165, 1.54) is 47.7 Å². The van der Waals surface area contributed by atoms with Gasteiger partial charge in [0.2, 0.25) is 5.91 Å². The monoisotopic (exact) mass is 625 g/mol. The molecule has 1 aliphatic heterocycles. The van der Waals surface area contributed by atoms with Gasteiger partial charge in [-0.25, -0.2) is 0 Å². The Bertz CT molecular complexity index is 859. The van der Waals surface area contributed by atoms with Crippen LogP contribution in [0.3, 0.4) is 0 Å². The maximum Gasteiger partial charge on any atom is 0.312 e. The van der Waals surface area contributed by atoms with E-state index in [2.05, 4.69) is 27.5 Å². The number of hydrogen-bond donors (Lipinski definition) is 2. The second kappa shape index (κ2) is 12.3.